The number of ether oxygens (including phenoxy) is 3. The molecule has 0 saturated carbocycles. The second kappa shape index (κ2) is 8.66. The fourth-order valence-electron chi connectivity index (χ4n) is 2.91. The summed E-state index contributed by atoms with van der Waals surface area (Å²) in [6.45, 7) is 5.84. The lowest BCUT2D eigenvalue weighted by atomic mass is 10.2. The van der Waals surface area contributed by atoms with Crippen LogP contribution in [0, 0.1) is 20.8 Å². The van der Waals surface area contributed by atoms with E-state index >= 15 is 0 Å². The Kier molecular flexibility index (Phi) is 5.61. The van der Waals surface area contributed by atoms with E-state index in [0.717, 1.165) is 22.7 Å². The molecule has 0 spiro atoms. The molecule has 0 unspecified atom stereocenters. The van der Waals surface area contributed by atoms with Gasteiger partial charge in [-0.3, -0.25) is 0 Å². The highest BCUT2D eigenvalue weighted by atomic mass is 16.5. The lowest BCUT2D eigenvalue weighted by Gasteiger charge is -2.13. The van der Waals surface area contributed by atoms with E-state index in [1.807, 2.05) is 93.6 Å². The summed E-state index contributed by atoms with van der Waals surface area (Å²) in [7, 11) is 0. The number of para-hydroxylation sites is 1. The Morgan fingerprint density at radius 2 is 1.03 bits per heavy atom. The van der Waals surface area contributed by atoms with E-state index in [-0.39, 0.29) is 0 Å². The first-order chi connectivity index (χ1) is 14.5. The van der Waals surface area contributed by atoms with Crippen LogP contribution in [0.15, 0.2) is 78.9 Å². The molecule has 5 nitrogen and oxygen atoms in total. The number of hydrogen-bond donors (Lipinski definition) is 0. The molecule has 0 atom stereocenters. The standard InChI is InChI=1S/C25H22N2O3/c1-17-8-4-5-11-23(17)28-20-14-21(29-24-12-6-9-18(2)26-24)16-22(15-20)30-25-13-7-10-19(3)27-25/h4-16H,1-3H3. The van der Waals surface area contributed by atoms with Gasteiger partial charge in [-0.25, -0.2) is 9.97 Å². The van der Waals surface area contributed by atoms with E-state index in [9.17, 15) is 0 Å². The van der Waals surface area contributed by atoms with Gasteiger partial charge in [-0.2, -0.15) is 0 Å². The Balaban J connectivity index is 1.68. The van der Waals surface area contributed by atoms with Gasteiger partial charge in [-0.15, -0.1) is 0 Å². The molecule has 30 heavy (non-hydrogen) atoms. The molecule has 0 radical (unpaired) electrons. The van der Waals surface area contributed by atoms with Crippen LogP contribution in [-0.4, -0.2) is 9.97 Å². The molecule has 0 bridgehead atoms. The molecule has 0 amide bonds. The minimum atomic E-state index is 0.502. The summed E-state index contributed by atoms with van der Waals surface area (Å²) >= 11 is 0. The van der Waals surface area contributed by atoms with Gasteiger partial charge in [0, 0.05) is 41.7 Å². The average molecular weight is 398 g/mol. The molecule has 4 aromatic rings. The Hall–Kier alpha value is -3.86. The van der Waals surface area contributed by atoms with Crippen LogP contribution in [0.1, 0.15) is 17.0 Å². The quantitative estimate of drug-likeness (QED) is 0.358. The molecule has 0 fully saturated rings. The summed E-state index contributed by atoms with van der Waals surface area (Å²) in [6.07, 6.45) is 0. The Morgan fingerprint density at radius 1 is 0.533 bits per heavy atom. The summed E-state index contributed by atoms with van der Waals surface area (Å²) in [5.41, 5.74) is 2.78. The van der Waals surface area contributed by atoms with Crippen LogP contribution in [-0.2, 0) is 0 Å². The normalized spacial score (nSPS) is 10.5. The highest BCUT2D eigenvalue weighted by Gasteiger charge is 2.10. The van der Waals surface area contributed by atoms with Gasteiger partial charge in [-0.1, -0.05) is 30.3 Å². The number of aromatic nitrogens is 2. The number of benzene rings is 2. The number of hydrogen-bond acceptors (Lipinski definition) is 5. The van der Waals surface area contributed by atoms with Crippen LogP contribution in [0.25, 0.3) is 0 Å². The molecule has 2 heterocycles. The molecular formula is C25H22N2O3. The third-order valence-corrected chi connectivity index (χ3v) is 4.35. The van der Waals surface area contributed by atoms with Gasteiger partial charge in [0.05, 0.1) is 0 Å². The van der Waals surface area contributed by atoms with E-state index in [1.165, 1.54) is 0 Å². The summed E-state index contributed by atoms with van der Waals surface area (Å²) in [6, 6.07) is 24.5. The Morgan fingerprint density at radius 3 is 1.53 bits per heavy atom. The third kappa shape index (κ3) is 4.94. The molecule has 0 aliphatic carbocycles. The SMILES string of the molecule is Cc1cccc(Oc2cc(Oc3cccc(C)n3)cc(Oc3ccccc3C)c2)n1. The van der Waals surface area contributed by atoms with Crippen molar-refractivity contribution in [2.45, 2.75) is 20.8 Å². The van der Waals surface area contributed by atoms with Gasteiger partial charge < -0.3 is 14.2 Å². The first kappa shape index (κ1) is 19.5. The van der Waals surface area contributed by atoms with E-state index in [4.69, 9.17) is 14.2 Å². The molecule has 5 heteroatoms. The number of pyridine rings is 2. The molecule has 0 N–H and O–H groups in total. The fourth-order valence-corrected chi connectivity index (χ4v) is 2.91. The minimum absolute atomic E-state index is 0.502. The fraction of sp³-hybridized carbons (Fsp3) is 0.120. The summed E-state index contributed by atoms with van der Waals surface area (Å²) in [5, 5.41) is 0. The van der Waals surface area contributed by atoms with Crippen LogP contribution < -0.4 is 14.2 Å². The van der Waals surface area contributed by atoms with Crippen molar-refractivity contribution in [2.24, 2.45) is 0 Å². The number of aryl methyl sites for hydroxylation is 3. The first-order valence-corrected chi connectivity index (χ1v) is 9.67. The lowest BCUT2D eigenvalue weighted by molar-refractivity contribution is 0.425. The second-order valence-corrected chi connectivity index (χ2v) is 6.95. The van der Waals surface area contributed by atoms with E-state index in [2.05, 4.69) is 9.97 Å². The van der Waals surface area contributed by atoms with Gasteiger partial charge in [0.15, 0.2) is 0 Å². The summed E-state index contributed by atoms with van der Waals surface area (Å²) in [4.78, 5) is 8.81. The van der Waals surface area contributed by atoms with Gasteiger partial charge in [0.25, 0.3) is 0 Å². The predicted octanol–water partition coefficient (Wildman–Crippen LogP) is 6.78. The molecule has 0 saturated heterocycles. The van der Waals surface area contributed by atoms with Crippen molar-refractivity contribution in [3.05, 3.63) is 95.8 Å². The summed E-state index contributed by atoms with van der Waals surface area (Å²) in [5.74, 6) is 3.48. The summed E-state index contributed by atoms with van der Waals surface area (Å²) < 4.78 is 18.1. The Bertz CT molecular complexity index is 1110. The van der Waals surface area contributed by atoms with Crippen molar-refractivity contribution < 1.29 is 14.2 Å². The van der Waals surface area contributed by atoms with Gasteiger partial charge in [0.1, 0.15) is 23.0 Å². The first-order valence-electron chi connectivity index (χ1n) is 9.67. The van der Waals surface area contributed by atoms with Crippen LogP contribution in [0.2, 0.25) is 0 Å². The molecular weight excluding hydrogens is 376 g/mol. The van der Waals surface area contributed by atoms with Gasteiger partial charge in [0.2, 0.25) is 11.8 Å². The molecule has 4 rings (SSSR count). The van der Waals surface area contributed by atoms with Crippen molar-refractivity contribution in [3.8, 4) is 34.8 Å². The van der Waals surface area contributed by atoms with Crippen LogP contribution >= 0.6 is 0 Å². The molecule has 2 aromatic carbocycles. The highest BCUT2D eigenvalue weighted by Crippen LogP contribution is 2.35. The lowest BCUT2D eigenvalue weighted by Crippen LogP contribution is -1.94. The number of nitrogens with zero attached hydrogens (tertiary/aromatic N) is 2. The maximum absolute atomic E-state index is 6.11. The topological polar surface area (TPSA) is 53.5 Å². The zero-order valence-corrected chi connectivity index (χ0v) is 17.1. The molecule has 0 aliphatic heterocycles. The van der Waals surface area contributed by atoms with Crippen molar-refractivity contribution in [3.63, 3.8) is 0 Å². The molecule has 150 valence electrons. The van der Waals surface area contributed by atoms with Crippen molar-refractivity contribution in [1.29, 1.82) is 0 Å². The van der Waals surface area contributed by atoms with Crippen molar-refractivity contribution in [1.82, 2.24) is 9.97 Å². The second-order valence-electron chi connectivity index (χ2n) is 6.95. The minimum Gasteiger partial charge on any atom is -0.457 e. The van der Waals surface area contributed by atoms with E-state index in [0.29, 0.717) is 29.0 Å². The van der Waals surface area contributed by atoms with Crippen molar-refractivity contribution >= 4 is 0 Å². The molecule has 2 aromatic heterocycles. The van der Waals surface area contributed by atoms with Gasteiger partial charge >= 0.3 is 0 Å². The van der Waals surface area contributed by atoms with E-state index in [1.54, 1.807) is 6.07 Å². The van der Waals surface area contributed by atoms with Crippen molar-refractivity contribution in [2.75, 3.05) is 0 Å². The highest BCUT2D eigenvalue weighted by molar-refractivity contribution is 5.47. The largest absolute Gasteiger partial charge is 0.457 e. The maximum Gasteiger partial charge on any atom is 0.219 e. The smallest absolute Gasteiger partial charge is 0.219 e. The van der Waals surface area contributed by atoms with Crippen LogP contribution in [0.3, 0.4) is 0 Å². The Labute approximate surface area is 175 Å². The zero-order chi connectivity index (χ0) is 20.9. The zero-order valence-electron chi connectivity index (χ0n) is 17.1. The monoisotopic (exact) mass is 398 g/mol. The van der Waals surface area contributed by atoms with Crippen LogP contribution in [0.4, 0.5) is 0 Å². The average Bonchev–Trinajstić information content (AvgIpc) is 2.70. The predicted molar refractivity (Wildman–Crippen MR) is 116 cm³/mol. The van der Waals surface area contributed by atoms with E-state index < -0.39 is 0 Å². The van der Waals surface area contributed by atoms with Crippen LogP contribution in [0.5, 0.6) is 34.8 Å². The van der Waals surface area contributed by atoms with Gasteiger partial charge in [-0.05, 0) is 44.5 Å². The maximum atomic E-state index is 6.11. The molecule has 0 aliphatic rings. The number of rotatable bonds is 6. The third-order valence-electron chi connectivity index (χ3n) is 4.35.